The van der Waals surface area contributed by atoms with E-state index < -0.39 is 0 Å². The van der Waals surface area contributed by atoms with Gasteiger partial charge in [-0.3, -0.25) is 9.89 Å². The zero-order chi connectivity index (χ0) is 21.5. The highest BCUT2D eigenvalue weighted by Crippen LogP contribution is 2.19. The van der Waals surface area contributed by atoms with Gasteiger partial charge in [-0.1, -0.05) is 6.07 Å². The Morgan fingerprint density at radius 3 is 2.60 bits per heavy atom. The molecule has 0 radical (unpaired) electrons. The van der Waals surface area contributed by atoms with Crippen LogP contribution in [0.2, 0.25) is 0 Å². The van der Waals surface area contributed by atoms with E-state index in [1.165, 1.54) is 0 Å². The first kappa shape index (κ1) is 20.8. The lowest BCUT2D eigenvalue weighted by molar-refractivity contribution is 0.0950. The quantitative estimate of drug-likeness (QED) is 0.479. The number of carbonyl (C=O) groups excluding carboxylic acids is 2. The molecule has 0 aliphatic carbocycles. The molecule has 3 aromatic rings. The van der Waals surface area contributed by atoms with Gasteiger partial charge < -0.3 is 20.7 Å². The van der Waals surface area contributed by atoms with Crippen LogP contribution in [0.3, 0.4) is 0 Å². The summed E-state index contributed by atoms with van der Waals surface area (Å²) >= 11 is 0. The number of rotatable bonds is 7. The first-order valence-corrected chi connectivity index (χ1v) is 9.46. The topological polar surface area (TPSA) is 121 Å². The lowest BCUT2D eigenvalue weighted by Gasteiger charge is -2.11. The Balaban J connectivity index is 1.58. The minimum atomic E-state index is -0.324. The minimum absolute atomic E-state index is 0.0150. The molecular weight excluding hydrogens is 384 g/mol. The van der Waals surface area contributed by atoms with E-state index in [1.807, 2.05) is 38.1 Å². The van der Waals surface area contributed by atoms with Crippen LogP contribution in [0.15, 0.2) is 48.5 Å². The number of urea groups is 1. The molecule has 9 heteroatoms. The molecule has 1 heterocycles. The summed E-state index contributed by atoms with van der Waals surface area (Å²) in [5.41, 5.74) is 1.79. The average Bonchev–Trinajstić information content (AvgIpc) is 3.20. The summed E-state index contributed by atoms with van der Waals surface area (Å²) in [6, 6.07) is 13.8. The summed E-state index contributed by atoms with van der Waals surface area (Å²) in [5.74, 6) is 1.52. The van der Waals surface area contributed by atoms with Gasteiger partial charge in [0.05, 0.1) is 13.7 Å². The van der Waals surface area contributed by atoms with E-state index in [-0.39, 0.29) is 24.5 Å². The zero-order valence-corrected chi connectivity index (χ0v) is 17.0. The van der Waals surface area contributed by atoms with Crippen molar-refractivity contribution in [3.8, 4) is 17.1 Å². The SMILES string of the molecule is COc1ccc(-c2n[nH]c(CNC(=O)c3cccc(NC(=O)NC(C)C)c3)n2)cc1. The van der Waals surface area contributed by atoms with E-state index >= 15 is 0 Å². The molecule has 156 valence electrons. The number of methoxy groups -OCH3 is 1. The van der Waals surface area contributed by atoms with Crippen LogP contribution in [0.1, 0.15) is 30.0 Å². The second-order valence-electron chi connectivity index (χ2n) is 6.85. The summed E-state index contributed by atoms with van der Waals surface area (Å²) in [4.78, 5) is 28.7. The van der Waals surface area contributed by atoms with E-state index in [0.717, 1.165) is 11.3 Å². The highest BCUT2D eigenvalue weighted by Gasteiger charge is 2.11. The number of aromatic amines is 1. The molecule has 2 aromatic carbocycles. The van der Waals surface area contributed by atoms with Gasteiger partial charge in [-0.15, -0.1) is 0 Å². The number of aromatic nitrogens is 3. The Morgan fingerprint density at radius 2 is 1.90 bits per heavy atom. The van der Waals surface area contributed by atoms with Crippen molar-refractivity contribution in [2.24, 2.45) is 0 Å². The highest BCUT2D eigenvalue weighted by molar-refractivity contribution is 5.96. The number of nitrogens with one attached hydrogen (secondary N) is 4. The molecule has 0 saturated heterocycles. The number of amides is 3. The van der Waals surface area contributed by atoms with Gasteiger partial charge in [-0.05, 0) is 56.3 Å². The molecule has 0 aliphatic heterocycles. The average molecular weight is 408 g/mol. The zero-order valence-electron chi connectivity index (χ0n) is 17.0. The van der Waals surface area contributed by atoms with Gasteiger partial charge in [0.2, 0.25) is 0 Å². The van der Waals surface area contributed by atoms with Gasteiger partial charge in [-0.25, -0.2) is 9.78 Å². The molecule has 0 aliphatic rings. The maximum absolute atomic E-state index is 12.5. The Labute approximate surface area is 174 Å². The predicted molar refractivity (Wildman–Crippen MR) is 113 cm³/mol. The van der Waals surface area contributed by atoms with Crippen molar-refractivity contribution in [3.05, 3.63) is 59.9 Å². The summed E-state index contributed by atoms with van der Waals surface area (Å²) in [6.07, 6.45) is 0. The third kappa shape index (κ3) is 5.57. The van der Waals surface area contributed by atoms with E-state index in [0.29, 0.717) is 22.9 Å². The van der Waals surface area contributed by atoms with E-state index in [9.17, 15) is 9.59 Å². The standard InChI is InChI=1S/C21H24N6O3/c1-13(2)23-21(29)24-16-6-4-5-15(11-16)20(28)22-12-18-25-19(27-26-18)14-7-9-17(30-3)10-8-14/h4-11,13H,12H2,1-3H3,(H,22,28)(H2,23,24,29)(H,25,26,27). The molecule has 0 atom stereocenters. The number of carbonyl (C=O) groups is 2. The van der Waals surface area contributed by atoms with Crippen LogP contribution in [0.5, 0.6) is 5.75 Å². The summed E-state index contributed by atoms with van der Waals surface area (Å²) in [5, 5.41) is 15.2. The number of benzene rings is 2. The van der Waals surface area contributed by atoms with Crippen molar-refractivity contribution >= 4 is 17.6 Å². The van der Waals surface area contributed by atoms with Gasteiger partial charge in [0.25, 0.3) is 5.91 Å². The van der Waals surface area contributed by atoms with Gasteiger partial charge >= 0.3 is 6.03 Å². The number of anilines is 1. The summed E-state index contributed by atoms with van der Waals surface area (Å²) in [7, 11) is 1.61. The number of H-pyrrole nitrogens is 1. The molecule has 9 nitrogen and oxygen atoms in total. The second-order valence-corrected chi connectivity index (χ2v) is 6.85. The van der Waals surface area contributed by atoms with Crippen LogP contribution in [0.25, 0.3) is 11.4 Å². The van der Waals surface area contributed by atoms with Crippen LogP contribution in [0, 0.1) is 0 Å². The molecule has 3 amide bonds. The van der Waals surface area contributed by atoms with E-state index in [1.54, 1.807) is 31.4 Å². The highest BCUT2D eigenvalue weighted by atomic mass is 16.5. The Hall–Kier alpha value is -3.88. The monoisotopic (exact) mass is 408 g/mol. The summed E-state index contributed by atoms with van der Waals surface area (Å²) in [6.45, 7) is 3.92. The molecule has 0 saturated carbocycles. The molecule has 0 unspecified atom stereocenters. The lowest BCUT2D eigenvalue weighted by Crippen LogP contribution is -2.34. The van der Waals surface area contributed by atoms with Crippen LogP contribution in [-0.4, -0.2) is 40.3 Å². The molecular formula is C21H24N6O3. The third-order valence-corrected chi connectivity index (χ3v) is 4.10. The van der Waals surface area contributed by atoms with Crippen LogP contribution in [-0.2, 0) is 6.54 Å². The molecule has 0 bridgehead atoms. The Morgan fingerprint density at radius 1 is 1.13 bits per heavy atom. The smallest absolute Gasteiger partial charge is 0.319 e. The van der Waals surface area contributed by atoms with Crippen LogP contribution < -0.4 is 20.7 Å². The molecule has 3 rings (SSSR count). The van der Waals surface area contributed by atoms with Gasteiger partial charge in [0, 0.05) is 22.9 Å². The Kier molecular flexibility index (Phi) is 6.63. The fourth-order valence-electron chi connectivity index (χ4n) is 2.68. The number of hydrogen-bond donors (Lipinski definition) is 4. The maximum atomic E-state index is 12.5. The van der Waals surface area contributed by atoms with Crippen molar-refractivity contribution in [2.45, 2.75) is 26.4 Å². The van der Waals surface area contributed by atoms with E-state index in [2.05, 4.69) is 31.1 Å². The molecule has 1 aromatic heterocycles. The third-order valence-electron chi connectivity index (χ3n) is 4.10. The number of ether oxygens (including phenoxy) is 1. The maximum Gasteiger partial charge on any atom is 0.319 e. The van der Waals surface area contributed by atoms with Crippen molar-refractivity contribution in [1.29, 1.82) is 0 Å². The van der Waals surface area contributed by atoms with Crippen molar-refractivity contribution < 1.29 is 14.3 Å². The number of hydrogen-bond acceptors (Lipinski definition) is 5. The second kappa shape index (κ2) is 9.55. The predicted octanol–water partition coefficient (Wildman–Crippen LogP) is 2.94. The van der Waals surface area contributed by atoms with Crippen LogP contribution >= 0.6 is 0 Å². The van der Waals surface area contributed by atoms with Crippen molar-refractivity contribution in [1.82, 2.24) is 25.8 Å². The minimum Gasteiger partial charge on any atom is -0.497 e. The molecule has 4 N–H and O–H groups in total. The first-order chi connectivity index (χ1) is 14.4. The normalized spacial score (nSPS) is 10.5. The number of nitrogens with zero attached hydrogens (tertiary/aromatic N) is 2. The molecule has 30 heavy (non-hydrogen) atoms. The fraction of sp³-hybridized carbons (Fsp3) is 0.238. The van der Waals surface area contributed by atoms with Gasteiger partial charge in [0.15, 0.2) is 5.82 Å². The van der Waals surface area contributed by atoms with Crippen molar-refractivity contribution in [3.63, 3.8) is 0 Å². The molecule has 0 spiro atoms. The first-order valence-electron chi connectivity index (χ1n) is 9.46. The fourth-order valence-corrected chi connectivity index (χ4v) is 2.68. The van der Waals surface area contributed by atoms with Crippen molar-refractivity contribution in [2.75, 3.05) is 12.4 Å². The van der Waals surface area contributed by atoms with Crippen LogP contribution in [0.4, 0.5) is 10.5 Å². The Bertz CT molecular complexity index is 1010. The molecule has 0 fully saturated rings. The largest absolute Gasteiger partial charge is 0.497 e. The summed E-state index contributed by atoms with van der Waals surface area (Å²) < 4.78 is 5.14. The van der Waals surface area contributed by atoms with Gasteiger partial charge in [-0.2, -0.15) is 5.10 Å². The van der Waals surface area contributed by atoms with E-state index in [4.69, 9.17) is 4.74 Å². The lowest BCUT2D eigenvalue weighted by atomic mass is 10.2. The van der Waals surface area contributed by atoms with Gasteiger partial charge in [0.1, 0.15) is 11.6 Å².